The summed E-state index contributed by atoms with van der Waals surface area (Å²) in [6.45, 7) is 1.98. The summed E-state index contributed by atoms with van der Waals surface area (Å²) in [7, 11) is 1.52. The average Bonchev–Trinajstić information content (AvgIpc) is 2.62. The Labute approximate surface area is 157 Å². The van der Waals surface area contributed by atoms with Crippen molar-refractivity contribution in [2.24, 2.45) is 0 Å². The van der Waals surface area contributed by atoms with E-state index in [2.05, 4.69) is 28.1 Å². The molecule has 3 N–H and O–H groups in total. The highest BCUT2D eigenvalue weighted by Crippen LogP contribution is 2.27. The highest BCUT2D eigenvalue weighted by atomic mass is 32.2. The van der Waals surface area contributed by atoms with Gasteiger partial charge in [-0.3, -0.25) is 4.79 Å². The molecular weight excluding hydrogens is 350 g/mol. The van der Waals surface area contributed by atoms with E-state index in [0.29, 0.717) is 23.7 Å². The van der Waals surface area contributed by atoms with Crippen molar-refractivity contribution >= 4 is 35.1 Å². The topological polar surface area (TPSA) is 79.5 Å². The van der Waals surface area contributed by atoms with Gasteiger partial charge >= 0.3 is 6.03 Å². The maximum atomic E-state index is 12.1. The number of nitrogens with one attached hydrogen (secondary N) is 3. The van der Waals surface area contributed by atoms with E-state index in [1.165, 1.54) is 19.6 Å². The summed E-state index contributed by atoms with van der Waals surface area (Å²) in [5, 5.41) is 8.24. The molecule has 0 fully saturated rings. The molecule has 0 saturated heterocycles. The van der Waals surface area contributed by atoms with E-state index < -0.39 is 0 Å². The lowest BCUT2D eigenvalue weighted by Gasteiger charge is -2.13. The molecule has 0 radical (unpaired) electrons. The molecule has 7 heteroatoms. The molecule has 0 atom stereocenters. The van der Waals surface area contributed by atoms with Gasteiger partial charge < -0.3 is 20.7 Å². The number of methoxy groups -OCH3 is 1. The number of amides is 3. The van der Waals surface area contributed by atoms with Crippen LogP contribution in [0.1, 0.15) is 12.5 Å². The number of anilines is 2. The number of hydrogen-bond acceptors (Lipinski definition) is 4. The van der Waals surface area contributed by atoms with E-state index in [-0.39, 0.29) is 11.9 Å². The Kier molecular flexibility index (Phi) is 7.82. The highest BCUT2D eigenvalue weighted by molar-refractivity contribution is 7.98. The zero-order valence-electron chi connectivity index (χ0n) is 14.9. The number of carbonyl (C=O) groups excluding carboxylic acids is 2. The molecule has 3 amide bonds. The number of urea groups is 1. The molecule has 0 aliphatic heterocycles. The highest BCUT2D eigenvalue weighted by Gasteiger charge is 2.09. The van der Waals surface area contributed by atoms with Gasteiger partial charge in [-0.15, -0.1) is 0 Å². The molecule has 0 aliphatic rings. The van der Waals surface area contributed by atoms with Crippen molar-refractivity contribution in [2.75, 3.05) is 30.0 Å². The Morgan fingerprint density at radius 1 is 1.08 bits per heavy atom. The molecule has 0 aliphatic carbocycles. The van der Waals surface area contributed by atoms with E-state index in [0.717, 1.165) is 11.5 Å². The van der Waals surface area contributed by atoms with Crippen molar-refractivity contribution in [3.05, 3.63) is 54.1 Å². The van der Waals surface area contributed by atoms with Crippen LogP contribution in [0.25, 0.3) is 0 Å². The summed E-state index contributed by atoms with van der Waals surface area (Å²) in [6.07, 6.45) is 0. The third-order valence-corrected chi connectivity index (χ3v) is 4.44. The van der Waals surface area contributed by atoms with Crippen molar-refractivity contribution < 1.29 is 14.3 Å². The molecule has 0 heterocycles. The Bertz CT molecular complexity index is 738. The van der Waals surface area contributed by atoms with E-state index in [1.54, 1.807) is 30.0 Å². The second kappa shape index (κ2) is 10.4. The lowest BCUT2D eigenvalue weighted by molar-refractivity contribution is -0.114. The first-order valence-electron chi connectivity index (χ1n) is 8.20. The Balaban J connectivity index is 1.78. The monoisotopic (exact) mass is 373 g/mol. The van der Waals surface area contributed by atoms with Crippen molar-refractivity contribution in [2.45, 2.75) is 12.7 Å². The minimum atomic E-state index is -0.316. The molecule has 6 nitrogen and oxygen atoms in total. The molecule has 0 saturated carbocycles. The van der Waals surface area contributed by atoms with Gasteiger partial charge in [0.1, 0.15) is 5.75 Å². The summed E-state index contributed by atoms with van der Waals surface area (Å²) < 4.78 is 5.24. The van der Waals surface area contributed by atoms with Gasteiger partial charge in [0.25, 0.3) is 0 Å². The normalized spacial score (nSPS) is 10.1. The quantitative estimate of drug-likeness (QED) is 0.616. The molecule has 0 bridgehead atoms. The van der Waals surface area contributed by atoms with Crippen molar-refractivity contribution in [1.29, 1.82) is 0 Å². The van der Waals surface area contributed by atoms with E-state index >= 15 is 0 Å². The summed E-state index contributed by atoms with van der Waals surface area (Å²) >= 11 is 1.76. The summed E-state index contributed by atoms with van der Waals surface area (Å²) in [5.41, 5.74) is 2.35. The summed E-state index contributed by atoms with van der Waals surface area (Å²) in [6, 6.07) is 14.9. The van der Waals surface area contributed by atoms with Crippen molar-refractivity contribution in [3.63, 3.8) is 0 Å². The Hall–Kier alpha value is -2.67. The maximum absolute atomic E-state index is 12.1. The number of hydrogen-bond donors (Lipinski definition) is 3. The SMILES string of the molecule is COc1ccc(NC(C)=O)cc1NC(=O)NCCSCc1ccccc1. The van der Waals surface area contributed by atoms with E-state index in [1.807, 2.05) is 18.2 Å². The van der Waals surface area contributed by atoms with Crippen LogP contribution < -0.4 is 20.7 Å². The minimum Gasteiger partial charge on any atom is -0.495 e. The molecule has 0 spiro atoms. The van der Waals surface area contributed by atoms with Crippen LogP contribution in [0.5, 0.6) is 5.75 Å². The molecule has 2 aromatic carbocycles. The lowest BCUT2D eigenvalue weighted by Crippen LogP contribution is -2.30. The lowest BCUT2D eigenvalue weighted by atomic mass is 10.2. The van der Waals surface area contributed by atoms with Gasteiger partial charge in [0.2, 0.25) is 5.91 Å². The van der Waals surface area contributed by atoms with Gasteiger partial charge in [-0.25, -0.2) is 4.79 Å². The number of ether oxygens (including phenoxy) is 1. The number of carbonyl (C=O) groups is 2. The van der Waals surface area contributed by atoms with Crippen molar-refractivity contribution in [3.8, 4) is 5.75 Å². The largest absolute Gasteiger partial charge is 0.495 e. The van der Waals surface area contributed by atoms with Gasteiger partial charge in [-0.2, -0.15) is 11.8 Å². The molecule has 26 heavy (non-hydrogen) atoms. The fourth-order valence-corrected chi connectivity index (χ4v) is 3.07. The second-order valence-corrected chi connectivity index (χ2v) is 6.62. The van der Waals surface area contributed by atoms with Crippen LogP contribution in [0.4, 0.5) is 16.2 Å². The standard InChI is InChI=1S/C19H23N3O3S/c1-14(23)21-16-8-9-18(25-2)17(12-16)22-19(24)20-10-11-26-13-15-6-4-3-5-7-15/h3-9,12H,10-11,13H2,1-2H3,(H,21,23)(H2,20,22,24). The van der Waals surface area contributed by atoms with E-state index in [9.17, 15) is 9.59 Å². The molecule has 2 rings (SSSR count). The van der Waals surface area contributed by atoms with Crippen LogP contribution in [0.2, 0.25) is 0 Å². The number of benzene rings is 2. The van der Waals surface area contributed by atoms with Gasteiger partial charge in [-0.1, -0.05) is 30.3 Å². The van der Waals surface area contributed by atoms with Crippen molar-refractivity contribution in [1.82, 2.24) is 5.32 Å². The molecule has 138 valence electrons. The van der Waals surface area contributed by atoms with Gasteiger partial charge in [0.15, 0.2) is 0 Å². The van der Waals surface area contributed by atoms with Crippen LogP contribution in [-0.2, 0) is 10.5 Å². The van der Waals surface area contributed by atoms with Gasteiger partial charge in [0.05, 0.1) is 12.8 Å². The van der Waals surface area contributed by atoms with E-state index in [4.69, 9.17) is 4.74 Å². The fourth-order valence-electron chi connectivity index (χ4n) is 2.25. The van der Waals surface area contributed by atoms with Crippen LogP contribution >= 0.6 is 11.8 Å². The third kappa shape index (κ3) is 6.68. The first kappa shape index (κ1) is 19.7. The maximum Gasteiger partial charge on any atom is 0.319 e. The molecule has 0 unspecified atom stereocenters. The second-order valence-electron chi connectivity index (χ2n) is 5.52. The average molecular weight is 373 g/mol. The smallest absolute Gasteiger partial charge is 0.319 e. The first-order chi connectivity index (χ1) is 12.6. The van der Waals surface area contributed by atoms with Crippen LogP contribution in [0, 0.1) is 0 Å². The number of rotatable bonds is 8. The first-order valence-corrected chi connectivity index (χ1v) is 9.36. The molecule has 0 aromatic heterocycles. The molecular formula is C19H23N3O3S. The zero-order valence-corrected chi connectivity index (χ0v) is 15.7. The van der Waals surface area contributed by atoms with Crippen LogP contribution in [0.3, 0.4) is 0 Å². The zero-order chi connectivity index (χ0) is 18.8. The summed E-state index contributed by atoms with van der Waals surface area (Å²) in [4.78, 5) is 23.2. The van der Waals surface area contributed by atoms with Gasteiger partial charge in [-0.05, 0) is 23.8 Å². The predicted molar refractivity (Wildman–Crippen MR) is 107 cm³/mol. The number of thioether (sulfide) groups is 1. The van der Waals surface area contributed by atoms with Crippen LogP contribution in [0.15, 0.2) is 48.5 Å². The van der Waals surface area contributed by atoms with Gasteiger partial charge in [0, 0.05) is 30.7 Å². The molecule has 2 aromatic rings. The third-order valence-electron chi connectivity index (χ3n) is 3.41. The fraction of sp³-hybridized carbons (Fsp3) is 0.263. The van der Waals surface area contributed by atoms with Crippen LogP contribution in [-0.4, -0.2) is 31.3 Å². The Morgan fingerprint density at radius 2 is 1.85 bits per heavy atom. The predicted octanol–water partition coefficient (Wildman–Crippen LogP) is 3.71. The summed E-state index contributed by atoms with van der Waals surface area (Å²) in [5.74, 6) is 2.07. The Morgan fingerprint density at radius 3 is 2.54 bits per heavy atom. The minimum absolute atomic E-state index is 0.180.